The Balaban J connectivity index is 2.06. The molecule has 0 bridgehead atoms. The van der Waals surface area contributed by atoms with Gasteiger partial charge >= 0.3 is 12.1 Å². The average Bonchev–Trinajstić information content (AvgIpc) is 3.08. The Hall–Kier alpha value is -3.00. The molecule has 0 aliphatic rings. The van der Waals surface area contributed by atoms with Crippen LogP contribution in [0.1, 0.15) is 12.8 Å². The van der Waals surface area contributed by atoms with Crippen LogP contribution in [-0.4, -0.2) is 23.5 Å². The van der Waals surface area contributed by atoms with Gasteiger partial charge in [-0.2, -0.15) is 13.2 Å². The highest BCUT2D eigenvalue weighted by molar-refractivity contribution is 5.77. The molecular weight excluding hydrogens is 363 g/mol. The highest BCUT2D eigenvalue weighted by Gasteiger charge is 2.39. The quantitative estimate of drug-likeness (QED) is 0.648. The molecule has 27 heavy (non-hydrogen) atoms. The van der Waals surface area contributed by atoms with Gasteiger partial charge in [-0.05, 0) is 55.5 Å². The Morgan fingerprint density at radius 1 is 0.963 bits per heavy atom. The first-order valence-corrected chi connectivity index (χ1v) is 7.95. The number of alkyl halides is 3. The minimum atomic E-state index is -4.71. The summed E-state index contributed by atoms with van der Waals surface area (Å²) >= 11 is 0. The van der Waals surface area contributed by atoms with E-state index in [-0.39, 0.29) is 11.5 Å². The van der Waals surface area contributed by atoms with Crippen molar-refractivity contribution < 1.29 is 32.2 Å². The Morgan fingerprint density at radius 3 is 2.04 bits per heavy atom. The number of hydrogen-bond donors (Lipinski definition) is 1. The van der Waals surface area contributed by atoms with Gasteiger partial charge in [0, 0.05) is 11.1 Å². The molecule has 3 rings (SSSR count). The number of ether oxygens (including phenoxy) is 2. The van der Waals surface area contributed by atoms with Crippen molar-refractivity contribution in [3.05, 3.63) is 54.4 Å². The number of rotatable bonds is 5. The van der Waals surface area contributed by atoms with E-state index in [2.05, 4.69) is 4.98 Å². The van der Waals surface area contributed by atoms with Crippen LogP contribution in [0.25, 0.3) is 22.6 Å². The number of methoxy groups -OCH3 is 1. The molecule has 0 amide bonds. The van der Waals surface area contributed by atoms with Crippen molar-refractivity contribution in [2.45, 2.75) is 19.4 Å². The zero-order valence-electron chi connectivity index (χ0n) is 14.4. The van der Waals surface area contributed by atoms with Gasteiger partial charge in [0.05, 0.1) is 7.11 Å². The SMILES string of the molecule is COc1ccc(-c2nc(C(F)(F)F)oc2-c2ccc(OC(C)O)cc2)cc1. The molecule has 1 aromatic heterocycles. The molecule has 0 aliphatic carbocycles. The fraction of sp³-hybridized carbons (Fsp3) is 0.211. The number of oxazole rings is 1. The fourth-order valence-corrected chi connectivity index (χ4v) is 2.46. The van der Waals surface area contributed by atoms with Gasteiger partial charge in [-0.15, -0.1) is 0 Å². The van der Waals surface area contributed by atoms with Gasteiger partial charge in [-0.1, -0.05) is 0 Å². The molecule has 0 saturated carbocycles. The molecule has 5 nitrogen and oxygen atoms in total. The fourth-order valence-electron chi connectivity index (χ4n) is 2.46. The van der Waals surface area contributed by atoms with Crippen molar-refractivity contribution >= 4 is 0 Å². The van der Waals surface area contributed by atoms with Gasteiger partial charge in [-0.25, -0.2) is 4.98 Å². The van der Waals surface area contributed by atoms with Crippen molar-refractivity contribution in [3.8, 4) is 34.1 Å². The summed E-state index contributed by atoms with van der Waals surface area (Å²) in [6.07, 6.45) is -5.72. The van der Waals surface area contributed by atoms with Crippen LogP contribution in [0.5, 0.6) is 11.5 Å². The molecule has 8 heteroatoms. The van der Waals surface area contributed by atoms with Gasteiger partial charge in [0.1, 0.15) is 17.2 Å². The molecule has 1 unspecified atom stereocenters. The molecular formula is C19H16F3NO4. The summed E-state index contributed by atoms with van der Waals surface area (Å²) in [5.74, 6) is -0.404. The summed E-state index contributed by atoms with van der Waals surface area (Å²) in [5, 5.41) is 9.23. The van der Waals surface area contributed by atoms with Crippen LogP contribution < -0.4 is 9.47 Å². The van der Waals surface area contributed by atoms with Gasteiger partial charge in [-0.3, -0.25) is 0 Å². The summed E-state index contributed by atoms with van der Waals surface area (Å²) in [4.78, 5) is 3.65. The van der Waals surface area contributed by atoms with E-state index in [0.29, 0.717) is 22.6 Å². The summed E-state index contributed by atoms with van der Waals surface area (Å²) in [6, 6.07) is 12.6. The standard InChI is InChI=1S/C19H16F3NO4/c1-11(24)26-15-9-5-13(6-10-15)17-16(23-18(27-17)19(20,21)22)12-3-7-14(25-2)8-4-12/h3-11,24H,1-2H3. The number of aliphatic hydroxyl groups excluding tert-OH is 1. The van der Waals surface area contributed by atoms with E-state index in [1.807, 2.05) is 0 Å². The van der Waals surface area contributed by atoms with Crippen molar-refractivity contribution in [1.29, 1.82) is 0 Å². The third-order valence-corrected chi connectivity index (χ3v) is 3.66. The summed E-state index contributed by atoms with van der Waals surface area (Å²) in [6.45, 7) is 1.45. The molecule has 0 radical (unpaired) electrons. The van der Waals surface area contributed by atoms with Crippen LogP contribution in [0.2, 0.25) is 0 Å². The first-order valence-electron chi connectivity index (χ1n) is 7.95. The zero-order valence-corrected chi connectivity index (χ0v) is 14.4. The van der Waals surface area contributed by atoms with Crippen LogP contribution >= 0.6 is 0 Å². The molecule has 1 atom stereocenters. The second-order valence-corrected chi connectivity index (χ2v) is 5.66. The van der Waals surface area contributed by atoms with Crippen LogP contribution in [0.4, 0.5) is 13.2 Å². The normalized spacial score (nSPS) is 12.7. The number of nitrogens with zero attached hydrogens (tertiary/aromatic N) is 1. The molecule has 3 aromatic rings. The lowest BCUT2D eigenvalue weighted by atomic mass is 10.1. The molecule has 0 fully saturated rings. The molecule has 0 spiro atoms. The van der Waals surface area contributed by atoms with Crippen LogP contribution in [0.3, 0.4) is 0 Å². The highest BCUT2D eigenvalue weighted by Crippen LogP contribution is 2.39. The maximum Gasteiger partial charge on any atom is 0.468 e. The number of halogens is 3. The van der Waals surface area contributed by atoms with Crippen LogP contribution in [0.15, 0.2) is 52.9 Å². The smallest absolute Gasteiger partial charge is 0.468 e. The minimum Gasteiger partial charge on any atom is -0.497 e. The molecule has 1 N–H and O–H groups in total. The first kappa shape index (κ1) is 18.8. The van der Waals surface area contributed by atoms with Gasteiger partial charge in [0.15, 0.2) is 12.1 Å². The largest absolute Gasteiger partial charge is 0.497 e. The maximum atomic E-state index is 13.1. The van der Waals surface area contributed by atoms with E-state index < -0.39 is 18.4 Å². The number of hydrogen-bond acceptors (Lipinski definition) is 5. The van der Waals surface area contributed by atoms with Crippen molar-refractivity contribution in [2.75, 3.05) is 7.11 Å². The van der Waals surface area contributed by atoms with Crippen molar-refractivity contribution in [3.63, 3.8) is 0 Å². The molecule has 0 aliphatic heterocycles. The third-order valence-electron chi connectivity index (χ3n) is 3.66. The van der Waals surface area contributed by atoms with Gasteiger partial charge in [0.25, 0.3) is 0 Å². The molecule has 2 aromatic carbocycles. The number of aliphatic hydroxyl groups is 1. The lowest BCUT2D eigenvalue weighted by molar-refractivity contribution is -0.156. The number of aromatic nitrogens is 1. The Bertz CT molecular complexity index is 900. The van der Waals surface area contributed by atoms with Crippen molar-refractivity contribution in [2.24, 2.45) is 0 Å². The van der Waals surface area contributed by atoms with E-state index >= 15 is 0 Å². The van der Waals surface area contributed by atoms with E-state index in [1.165, 1.54) is 38.3 Å². The van der Waals surface area contributed by atoms with Crippen LogP contribution in [-0.2, 0) is 6.18 Å². The second-order valence-electron chi connectivity index (χ2n) is 5.66. The predicted octanol–water partition coefficient (Wildman–Crippen LogP) is 4.75. The third kappa shape index (κ3) is 4.22. The second kappa shape index (κ2) is 7.32. The Morgan fingerprint density at radius 2 is 1.52 bits per heavy atom. The van der Waals surface area contributed by atoms with E-state index in [4.69, 9.17) is 13.9 Å². The lowest BCUT2D eigenvalue weighted by Gasteiger charge is -2.09. The van der Waals surface area contributed by atoms with Gasteiger partial charge in [0.2, 0.25) is 0 Å². The van der Waals surface area contributed by atoms with Crippen LogP contribution in [0, 0.1) is 0 Å². The lowest BCUT2D eigenvalue weighted by Crippen LogP contribution is -2.09. The first-order chi connectivity index (χ1) is 12.8. The predicted molar refractivity (Wildman–Crippen MR) is 91.2 cm³/mol. The average molecular weight is 379 g/mol. The monoisotopic (exact) mass is 379 g/mol. The highest BCUT2D eigenvalue weighted by atomic mass is 19.4. The summed E-state index contributed by atoms with van der Waals surface area (Å²) < 4.78 is 54.6. The molecule has 142 valence electrons. The van der Waals surface area contributed by atoms with E-state index in [1.54, 1.807) is 24.3 Å². The Labute approximate surface area is 153 Å². The minimum absolute atomic E-state index is 0.0175. The maximum absolute atomic E-state index is 13.1. The van der Waals surface area contributed by atoms with E-state index in [9.17, 15) is 18.3 Å². The van der Waals surface area contributed by atoms with E-state index in [0.717, 1.165) is 0 Å². The van der Waals surface area contributed by atoms with Gasteiger partial charge < -0.3 is 19.0 Å². The summed E-state index contributed by atoms with van der Waals surface area (Å²) in [5.41, 5.74) is 0.908. The van der Waals surface area contributed by atoms with Crippen molar-refractivity contribution in [1.82, 2.24) is 4.98 Å². The number of benzene rings is 2. The molecule has 1 heterocycles. The zero-order chi connectivity index (χ0) is 19.6. The topological polar surface area (TPSA) is 64.7 Å². The Kier molecular flexibility index (Phi) is 5.09. The summed E-state index contributed by atoms with van der Waals surface area (Å²) in [7, 11) is 1.50. The molecule has 0 saturated heterocycles.